The van der Waals surface area contributed by atoms with Gasteiger partial charge in [-0.15, -0.1) is 11.8 Å². The van der Waals surface area contributed by atoms with Crippen molar-refractivity contribution in [3.63, 3.8) is 0 Å². The Labute approximate surface area is 118 Å². The van der Waals surface area contributed by atoms with Crippen LogP contribution in [-0.4, -0.2) is 33.6 Å². The van der Waals surface area contributed by atoms with Crippen molar-refractivity contribution in [1.82, 2.24) is 20.1 Å². The Morgan fingerprint density at radius 3 is 2.89 bits per heavy atom. The normalized spacial score (nSPS) is 12.6. The van der Waals surface area contributed by atoms with Gasteiger partial charge in [0, 0.05) is 30.2 Å². The second-order valence-electron chi connectivity index (χ2n) is 4.62. The highest BCUT2D eigenvalue weighted by Crippen LogP contribution is 2.20. The summed E-state index contributed by atoms with van der Waals surface area (Å²) < 4.78 is 1.83. The van der Waals surface area contributed by atoms with Gasteiger partial charge in [0.15, 0.2) is 0 Å². The lowest BCUT2D eigenvalue weighted by atomic mass is 10.2. The van der Waals surface area contributed by atoms with Crippen molar-refractivity contribution in [3.05, 3.63) is 42.0 Å². The van der Waals surface area contributed by atoms with E-state index in [9.17, 15) is 0 Å². The molecular formula is C14H20N4S. The molecule has 1 N–H and O–H groups in total. The van der Waals surface area contributed by atoms with Crippen molar-refractivity contribution < 1.29 is 0 Å². The highest BCUT2D eigenvalue weighted by molar-refractivity contribution is 7.99. The molecule has 1 unspecified atom stereocenters. The van der Waals surface area contributed by atoms with Gasteiger partial charge in [-0.3, -0.25) is 4.68 Å². The van der Waals surface area contributed by atoms with Crippen molar-refractivity contribution in [2.24, 2.45) is 7.05 Å². The number of benzene rings is 1. The van der Waals surface area contributed by atoms with E-state index in [-0.39, 0.29) is 0 Å². The van der Waals surface area contributed by atoms with Crippen LogP contribution in [0.1, 0.15) is 11.4 Å². The fourth-order valence-corrected chi connectivity index (χ4v) is 2.99. The van der Waals surface area contributed by atoms with Crippen LogP contribution in [0.4, 0.5) is 0 Å². The molecule has 5 heteroatoms. The summed E-state index contributed by atoms with van der Waals surface area (Å²) in [6.45, 7) is 2.12. The summed E-state index contributed by atoms with van der Waals surface area (Å²) in [5.74, 6) is 2.04. The van der Waals surface area contributed by atoms with Crippen LogP contribution in [0.5, 0.6) is 0 Å². The van der Waals surface area contributed by atoms with Crippen LogP contribution in [0.2, 0.25) is 0 Å². The molecule has 4 nitrogen and oxygen atoms in total. The highest BCUT2D eigenvalue weighted by atomic mass is 32.2. The zero-order valence-electron chi connectivity index (χ0n) is 11.6. The molecule has 102 valence electrons. The number of rotatable bonds is 6. The molecule has 1 atom stereocenters. The number of nitrogens with one attached hydrogen (secondary N) is 1. The topological polar surface area (TPSA) is 42.7 Å². The molecule has 0 aliphatic rings. The Morgan fingerprint density at radius 2 is 2.26 bits per heavy atom. The van der Waals surface area contributed by atoms with Crippen LogP contribution in [0.3, 0.4) is 0 Å². The zero-order valence-corrected chi connectivity index (χ0v) is 12.4. The second kappa shape index (κ2) is 6.73. The Hall–Kier alpha value is -1.33. The second-order valence-corrected chi connectivity index (χ2v) is 5.71. The van der Waals surface area contributed by atoms with Crippen molar-refractivity contribution in [3.8, 4) is 0 Å². The Kier molecular flexibility index (Phi) is 4.99. The summed E-state index contributed by atoms with van der Waals surface area (Å²) in [4.78, 5) is 5.59. The van der Waals surface area contributed by atoms with E-state index >= 15 is 0 Å². The molecule has 0 saturated heterocycles. The molecule has 0 fully saturated rings. The van der Waals surface area contributed by atoms with Crippen LogP contribution in [0, 0.1) is 6.92 Å². The quantitative estimate of drug-likeness (QED) is 0.820. The number of nitrogens with zero attached hydrogens (tertiary/aromatic N) is 3. The molecule has 1 heterocycles. The largest absolute Gasteiger partial charge is 0.316 e. The molecule has 0 radical (unpaired) electrons. The molecule has 0 saturated carbocycles. The van der Waals surface area contributed by atoms with Crippen molar-refractivity contribution >= 4 is 11.8 Å². The summed E-state index contributed by atoms with van der Waals surface area (Å²) in [5.41, 5.74) is 1.30. The average molecular weight is 276 g/mol. The van der Waals surface area contributed by atoms with E-state index in [1.165, 1.54) is 10.5 Å². The molecule has 19 heavy (non-hydrogen) atoms. The van der Waals surface area contributed by atoms with Gasteiger partial charge in [0.1, 0.15) is 12.2 Å². The van der Waals surface area contributed by atoms with E-state index in [4.69, 9.17) is 0 Å². The Bertz CT molecular complexity index is 524. The lowest BCUT2D eigenvalue weighted by molar-refractivity contribution is 0.573. The third-order valence-corrected chi connectivity index (χ3v) is 4.24. The van der Waals surface area contributed by atoms with Crippen molar-refractivity contribution in [2.45, 2.75) is 24.3 Å². The van der Waals surface area contributed by atoms with Crippen LogP contribution < -0.4 is 5.32 Å². The number of hydrogen-bond donors (Lipinski definition) is 1. The summed E-state index contributed by atoms with van der Waals surface area (Å²) in [7, 11) is 3.93. The van der Waals surface area contributed by atoms with Crippen LogP contribution in [-0.2, 0) is 13.5 Å². The van der Waals surface area contributed by atoms with Gasteiger partial charge in [-0.2, -0.15) is 5.10 Å². The first-order chi connectivity index (χ1) is 9.19. The van der Waals surface area contributed by atoms with Crippen LogP contribution in [0.25, 0.3) is 0 Å². The molecule has 0 spiro atoms. The van der Waals surface area contributed by atoms with E-state index in [2.05, 4.69) is 46.6 Å². The SMILES string of the molecule is CNC(CSc1cccc(C)c1)Cc1ncnn1C. The van der Waals surface area contributed by atoms with Gasteiger partial charge in [-0.05, 0) is 26.1 Å². The molecule has 2 aromatic rings. The fourth-order valence-electron chi connectivity index (χ4n) is 1.87. The first-order valence-electron chi connectivity index (χ1n) is 6.38. The minimum atomic E-state index is 0.397. The Balaban J connectivity index is 1.91. The molecule has 0 bridgehead atoms. The maximum atomic E-state index is 4.28. The summed E-state index contributed by atoms with van der Waals surface area (Å²) in [6.07, 6.45) is 2.50. The van der Waals surface area contributed by atoms with Gasteiger partial charge >= 0.3 is 0 Å². The van der Waals surface area contributed by atoms with Gasteiger partial charge < -0.3 is 5.32 Å². The smallest absolute Gasteiger partial charge is 0.138 e. The summed E-state index contributed by atoms with van der Waals surface area (Å²) >= 11 is 1.88. The third kappa shape index (κ3) is 4.08. The number of aryl methyl sites for hydroxylation is 2. The first kappa shape index (κ1) is 14.1. The van der Waals surface area contributed by atoms with Crippen molar-refractivity contribution in [2.75, 3.05) is 12.8 Å². The van der Waals surface area contributed by atoms with E-state index < -0.39 is 0 Å². The van der Waals surface area contributed by atoms with E-state index in [1.54, 1.807) is 6.33 Å². The number of hydrogen-bond acceptors (Lipinski definition) is 4. The molecule has 0 amide bonds. The van der Waals surface area contributed by atoms with Crippen molar-refractivity contribution in [1.29, 1.82) is 0 Å². The highest BCUT2D eigenvalue weighted by Gasteiger charge is 2.11. The number of aromatic nitrogens is 3. The predicted octanol–water partition coefficient (Wildman–Crippen LogP) is 2.05. The predicted molar refractivity (Wildman–Crippen MR) is 79.5 cm³/mol. The molecule has 1 aromatic heterocycles. The average Bonchev–Trinajstić information content (AvgIpc) is 2.80. The fraction of sp³-hybridized carbons (Fsp3) is 0.429. The Morgan fingerprint density at radius 1 is 1.42 bits per heavy atom. The molecule has 2 rings (SSSR count). The number of likely N-dealkylation sites (N-methyl/N-ethyl adjacent to an activating group) is 1. The van der Waals surface area contributed by atoms with E-state index in [0.717, 1.165) is 18.0 Å². The van der Waals surface area contributed by atoms with Gasteiger partial charge in [0.25, 0.3) is 0 Å². The summed E-state index contributed by atoms with van der Waals surface area (Å²) in [5, 5.41) is 7.46. The van der Waals surface area contributed by atoms with Crippen LogP contribution in [0.15, 0.2) is 35.5 Å². The minimum Gasteiger partial charge on any atom is -0.316 e. The molecule has 0 aliphatic heterocycles. The van der Waals surface area contributed by atoms with Gasteiger partial charge in [-0.1, -0.05) is 17.7 Å². The zero-order chi connectivity index (χ0) is 13.7. The standard InChI is InChI=1S/C14H20N4S/c1-11-5-4-6-13(7-11)19-9-12(15-2)8-14-16-10-17-18(14)3/h4-7,10,12,15H,8-9H2,1-3H3. The molecule has 1 aromatic carbocycles. The summed E-state index contributed by atoms with van der Waals surface area (Å²) in [6, 6.07) is 9.01. The van der Waals surface area contributed by atoms with Crippen LogP contribution >= 0.6 is 11.8 Å². The number of thioether (sulfide) groups is 1. The molecule has 0 aliphatic carbocycles. The first-order valence-corrected chi connectivity index (χ1v) is 7.37. The van der Waals surface area contributed by atoms with E-state index in [1.807, 2.05) is 30.5 Å². The van der Waals surface area contributed by atoms with Gasteiger partial charge in [0.05, 0.1) is 0 Å². The third-order valence-electron chi connectivity index (χ3n) is 3.08. The minimum absolute atomic E-state index is 0.397. The molecular weight excluding hydrogens is 256 g/mol. The van der Waals surface area contributed by atoms with E-state index in [0.29, 0.717) is 6.04 Å². The monoisotopic (exact) mass is 276 g/mol. The maximum absolute atomic E-state index is 4.28. The maximum Gasteiger partial charge on any atom is 0.138 e. The van der Waals surface area contributed by atoms with Gasteiger partial charge in [-0.25, -0.2) is 4.98 Å². The lowest BCUT2D eigenvalue weighted by Gasteiger charge is -2.15. The lowest BCUT2D eigenvalue weighted by Crippen LogP contribution is -2.31. The van der Waals surface area contributed by atoms with Gasteiger partial charge in [0.2, 0.25) is 0 Å².